The molecule has 21 heavy (non-hydrogen) atoms. The van der Waals surface area contributed by atoms with Gasteiger partial charge in [0.15, 0.2) is 0 Å². The first kappa shape index (κ1) is 15.8. The number of benzene rings is 2. The standard InChI is InChI=1S/C16H16BrNO2S/c1-3-11-18(14-7-5-4-6-8-14)21(19,20)15-9-10-16(17)13(2)12-15/h3-10,12H,1,11H2,2H3. The van der Waals surface area contributed by atoms with Crippen molar-refractivity contribution in [2.75, 3.05) is 10.8 Å². The third-order valence-electron chi connectivity index (χ3n) is 3.06. The van der Waals surface area contributed by atoms with Crippen molar-refractivity contribution in [2.24, 2.45) is 0 Å². The number of rotatable bonds is 5. The van der Waals surface area contributed by atoms with Crippen LogP contribution in [-0.4, -0.2) is 15.0 Å². The second-order valence-electron chi connectivity index (χ2n) is 4.57. The van der Waals surface area contributed by atoms with Gasteiger partial charge in [-0.1, -0.05) is 40.2 Å². The summed E-state index contributed by atoms with van der Waals surface area (Å²) in [6.07, 6.45) is 1.58. The van der Waals surface area contributed by atoms with Crippen molar-refractivity contribution >= 4 is 31.6 Å². The molecule has 5 heteroatoms. The molecule has 0 radical (unpaired) electrons. The van der Waals surface area contributed by atoms with Crippen LogP contribution in [0.2, 0.25) is 0 Å². The first-order chi connectivity index (χ1) is 9.96. The van der Waals surface area contributed by atoms with Crippen molar-refractivity contribution in [3.63, 3.8) is 0 Å². The summed E-state index contributed by atoms with van der Waals surface area (Å²) in [5.41, 5.74) is 1.50. The molecule has 0 aliphatic heterocycles. The zero-order valence-corrected chi connectivity index (χ0v) is 14.1. The van der Waals surface area contributed by atoms with Gasteiger partial charge >= 0.3 is 0 Å². The van der Waals surface area contributed by atoms with Crippen LogP contribution in [0.25, 0.3) is 0 Å². The fraction of sp³-hybridized carbons (Fsp3) is 0.125. The van der Waals surface area contributed by atoms with Crippen LogP contribution >= 0.6 is 15.9 Å². The van der Waals surface area contributed by atoms with E-state index in [0.717, 1.165) is 10.0 Å². The van der Waals surface area contributed by atoms with Crippen LogP contribution in [0.4, 0.5) is 5.69 Å². The van der Waals surface area contributed by atoms with E-state index in [9.17, 15) is 8.42 Å². The Morgan fingerprint density at radius 3 is 2.43 bits per heavy atom. The molecule has 0 heterocycles. The molecule has 110 valence electrons. The van der Waals surface area contributed by atoms with Gasteiger partial charge in [-0.05, 0) is 42.8 Å². The zero-order chi connectivity index (χ0) is 15.5. The Kier molecular flexibility index (Phi) is 4.85. The molecule has 0 bridgehead atoms. The quantitative estimate of drug-likeness (QED) is 0.746. The number of aryl methyl sites for hydroxylation is 1. The maximum absolute atomic E-state index is 12.8. The van der Waals surface area contributed by atoms with Gasteiger partial charge in [0.05, 0.1) is 17.1 Å². The summed E-state index contributed by atoms with van der Waals surface area (Å²) in [6, 6.07) is 14.0. The van der Waals surface area contributed by atoms with Crippen LogP contribution in [0.1, 0.15) is 5.56 Å². The Labute approximate surface area is 134 Å². The topological polar surface area (TPSA) is 37.4 Å². The van der Waals surface area contributed by atoms with Crippen molar-refractivity contribution in [2.45, 2.75) is 11.8 Å². The van der Waals surface area contributed by atoms with Gasteiger partial charge in [-0.25, -0.2) is 8.42 Å². The number of halogens is 1. The molecular formula is C16H16BrNO2S. The lowest BCUT2D eigenvalue weighted by Gasteiger charge is -2.23. The Hall–Kier alpha value is -1.59. The smallest absolute Gasteiger partial charge is 0.263 e. The molecule has 0 aliphatic carbocycles. The summed E-state index contributed by atoms with van der Waals surface area (Å²) in [5.74, 6) is 0. The minimum Gasteiger partial charge on any atom is -0.263 e. The molecule has 3 nitrogen and oxygen atoms in total. The lowest BCUT2D eigenvalue weighted by atomic mass is 10.2. The van der Waals surface area contributed by atoms with E-state index in [0.29, 0.717) is 5.69 Å². The summed E-state index contributed by atoms with van der Waals surface area (Å²) in [5, 5.41) is 0. The van der Waals surface area contributed by atoms with Crippen molar-refractivity contribution in [3.8, 4) is 0 Å². The van der Waals surface area contributed by atoms with Gasteiger partial charge < -0.3 is 0 Å². The molecule has 2 rings (SSSR count). The maximum atomic E-state index is 12.8. The van der Waals surface area contributed by atoms with Crippen LogP contribution in [0, 0.1) is 6.92 Å². The number of hydrogen-bond donors (Lipinski definition) is 0. The fourth-order valence-electron chi connectivity index (χ4n) is 1.96. The third kappa shape index (κ3) is 3.36. The first-order valence-electron chi connectivity index (χ1n) is 6.41. The normalized spacial score (nSPS) is 11.1. The molecule has 0 saturated heterocycles. The van der Waals surface area contributed by atoms with Crippen molar-refractivity contribution in [1.82, 2.24) is 0 Å². The van der Waals surface area contributed by atoms with Crippen LogP contribution in [0.15, 0.2) is 70.6 Å². The van der Waals surface area contributed by atoms with Gasteiger partial charge in [0.1, 0.15) is 0 Å². The van der Waals surface area contributed by atoms with Crippen LogP contribution in [0.5, 0.6) is 0 Å². The highest BCUT2D eigenvalue weighted by molar-refractivity contribution is 9.10. The Bertz CT molecular complexity index is 742. The monoisotopic (exact) mass is 365 g/mol. The number of para-hydroxylation sites is 1. The molecule has 2 aromatic carbocycles. The van der Waals surface area contributed by atoms with E-state index in [4.69, 9.17) is 0 Å². The Balaban J connectivity index is 2.52. The van der Waals surface area contributed by atoms with Gasteiger partial charge in [-0.15, -0.1) is 6.58 Å². The Morgan fingerprint density at radius 1 is 1.19 bits per heavy atom. The van der Waals surface area contributed by atoms with E-state index in [2.05, 4.69) is 22.5 Å². The second kappa shape index (κ2) is 6.45. The minimum absolute atomic E-state index is 0.224. The highest BCUT2D eigenvalue weighted by Gasteiger charge is 2.24. The van der Waals surface area contributed by atoms with E-state index in [1.807, 2.05) is 25.1 Å². The molecule has 0 unspecified atom stereocenters. The van der Waals surface area contributed by atoms with E-state index in [-0.39, 0.29) is 11.4 Å². The van der Waals surface area contributed by atoms with Crippen molar-refractivity contribution in [3.05, 3.63) is 71.2 Å². The molecule has 0 spiro atoms. The highest BCUT2D eigenvalue weighted by atomic mass is 79.9. The average Bonchev–Trinajstić information content (AvgIpc) is 2.48. The van der Waals surface area contributed by atoms with Crippen LogP contribution in [0.3, 0.4) is 0 Å². The zero-order valence-electron chi connectivity index (χ0n) is 11.7. The van der Waals surface area contributed by atoms with E-state index >= 15 is 0 Å². The van der Waals surface area contributed by atoms with Crippen LogP contribution in [-0.2, 0) is 10.0 Å². The minimum atomic E-state index is -3.61. The average molecular weight is 366 g/mol. The third-order valence-corrected chi connectivity index (χ3v) is 5.74. The number of anilines is 1. The summed E-state index contributed by atoms with van der Waals surface area (Å²) >= 11 is 3.38. The molecule has 0 N–H and O–H groups in total. The van der Waals surface area contributed by atoms with Gasteiger partial charge in [0, 0.05) is 4.47 Å². The molecule has 0 amide bonds. The Morgan fingerprint density at radius 2 is 1.86 bits per heavy atom. The second-order valence-corrected chi connectivity index (χ2v) is 7.29. The summed E-state index contributed by atoms with van der Waals surface area (Å²) in [4.78, 5) is 0.272. The fourth-order valence-corrected chi connectivity index (χ4v) is 3.73. The molecule has 0 saturated carbocycles. The lowest BCUT2D eigenvalue weighted by Crippen LogP contribution is -2.31. The molecule has 0 fully saturated rings. The predicted octanol–water partition coefficient (Wildman–Crippen LogP) is 4.14. The summed E-state index contributed by atoms with van der Waals surface area (Å²) in [6.45, 7) is 5.74. The van der Waals surface area contributed by atoms with E-state index in [1.54, 1.807) is 36.4 Å². The molecule has 0 aromatic heterocycles. The van der Waals surface area contributed by atoms with Gasteiger partial charge in [0.2, 0.25) is 0 Å². The summed E-state index contributed by atoms with van der Waals surface area (Å²) in [7, 11) is -3.61. The molecular weight excluding hydrogens is 350 g/mol. The number of nitrogens with zero attached hydrogens (tertiary/aromatic N) is 1. The first-order valence-corrected chi connectivity index (χ1v) is 8.65. The van der Waals surface area contributed by atoms with Crippen molar-refractivity contribution < 1.29 is 8.42 Å². The predicted molar refractivity (Wildman–Crippen MR) is 90.0 cm³/mol. The van der Waals surface area contributed by atoms with Crippen molar-refractivity contribution in [1.29, 1.82) is 0 Å². The number of hydrogen-bond acceptors (Lipinski definition) is 2. The number of sulfonamides is 1. The van der Waals surface area contributed by atoms with E-state index < -0.39 is 10.0 Å². The molecule has 0 atom stereocenters. The summed E-state index contributed by atoms with van der Waals surface area (Å²) < 4.78 is 27.9. The van der Waals surface area contributed by atoms with Crippen LogP contribution < -0.4 is 4.31 Å². The van der Waals surface area contributed by atoms with Gasteiger partial charge in [-0.2, -0.15) is 0 Å². The molecule has 0 aliphatic rings. The van der Waals surface area contributed by atoms with Gasteiger partial charge in [0.25, 0.3) is 10.0 Å². The molecule has 2 aromatic rings. The SMILES string of the molecule is C=CCN(c1ccccc1)S(=O)(=O)c1ccc(Br)c(C)c1. The van der Waals surface area contributed by atoms with Gasteiger partial charge in [-0.3, -0.25) is 4.31 Å². The lowest BCUT2D eigenvalue weighted by molar-refractivity contribution is 0.592. The van der Waals surface area contributed by atoms with E-state index in [1.165, 1.54) is 4.31 Å². The highest BCUT2D eigenvalue weighted by Crippen LogP contribution is 2.26. The largest absolute Gasteiger partial charge is 0.264 e. The maximum Gasteiger partial charge on any atom is 0.264 e.